The van der Waals surface area contributed by atoms with E-state index in [4.69, 9.17) is 4.74 Å². The van der Waals surface area contributed by atoms with Gasteiger partial charge in [-0.3, -0.25) is 0 Å². The zero-order chi connectivity index (χ0) is 8.97. The zero-order valence-corrected chi connectivity index (χ0v) is 7.20. The first-order valence-corrected chi connectivity index (χ1v) is 3.71. The number of aryl methyl sites for hydroxylation is 1. The maximum Gasteiger partial charge on any atom is 0.216 e. The average molecular weight is 165 g/mol. The Morgan fingerprint density at radius 2 is 2.42 bits per heavy atom. The van der Waals surface area contributed by atoms with Gasteiger partial charge in [-0.15, -0.1) is 0 Å². The fraction of sp³-hybridized carbons (Fsp3) is 0.333. The Balaban J connectivity index is 3.10. The van der Waals surface area contributed by atoms with Crippen LogP contribution in [0.25, 0.3) is 0 Å². The molecule has 0 atom stereocenters. The SMILES string of the molecule is COc1nccc(C)c1CC=O. The molecule has 0 saturated heterocycles. The number of hydrogen-bond acceptors (Lipinski definition) is 3. The van der Waals surface area contributed by atoms with Gasteiger partial charge < -0.3 is 9.53 Å². The lowest BCUT2D eigenvalue weighted by molar-refractivity contribution is -0.107. The van der Waals surface area contributed by atoms with E-state index in [2.05, 4.69) is 4.98 Å². The summed E-state index contributed by atoms with van der Waals surface area (Å²) in [5.74, 6) is 0.544. The van der Waals surface area contributed by atoms with Gasteiger partial charge in [0, 0.05) is 18.2 Å². The number of aromatic nitrogens is 1. The van der Waals surface area contributed by atoms with Crippen molar-refractivity contribution in [1.82, 2.24) is 4.98 Å². The monoisotopic (exact) mass is 165 g/mol. The van der Waals surface area contributed by atoms with E-state index in [-0.39, 0.29) is 0 Å². The Hall–Kier alpha value is -1.38. The van der Waals surface area contributed by atoms with Gasteiger partial charge in [-0.25, -0.2) is 4.98 Å². The largest absolute Gasteiger partial charge is 0.481 e. The topological polar surface area (TPSA) is 39.2 Å². The molecular weight excluding hydrogens is 154 g/mol. The van der Waals surface area contributed by atoms with Crippen LogP contribution < -0.4 is 4.74 Å². The fourth-order valence-corrected chi connectivity index (χ4v) is 1.07. The lowest BCUT2D eigenvalue weighted by atomic mass is 10.1. The molecule has 0 spiro atoms. The number of hydrogen-bond donors (Lipinski definition) is 0. The highest BCUT2D eigenvalue weighted by Gasteiger charge is 2.05. The minimum Gasteiger partial charge on any atom is -0.481 e. The second-order valence-electron chi connectivity index (χ2n) is 2.49. The smallest absolute Gasteiger partial charge is 0.216 e. The Morgan fingerprint density at radius 3 is 3.00 bits per heavy atom. The third-order valence-electron chi connectivity index (χ3n) is 1.73. The van der Waals surface area contributed by atoms with Crippen LogP contribution in [-0.2, 0) is 11.2 Å². The highest BCUT2D eigenvalue weighted by molar-refractivity contribution is 5.58. The Bertz CT molecular complexity index is 284. The molecule has 3 heteroatoms. The number of carbonyl (C=O) groups is 1. The van der Waals surface area contributed by atoms with Gasteiger partial charge in [0.1, 0.15) is 6.29 Å². The molecule has 1 aromatic rings. The summed E-state index contributed by atoms with van der Waals surface area (Å²) in [7, 11) is 1.55. The summed E-state index contributed by atoms with van der Waals surface area (Å²) in [6.07, 6.45) is 2.89. The Labute approximate surface area is 71.4 Å². The van der Waals surface area contributed by atoms with Crippen LogP contribution in [0.2, 0.25) is 0 Å². The van der Waals surface area contributed by atoms with Gasteiger partial charge in [-0.2, -0.15) is 0 Å². The van der Waals surface area contributed by atoms with E-state index < -0.39 is 0 Å². The number of methoxy groups -OCH3 is 1. The van der Waals surface area contributed by atoms with Crippen molar-refractivity contribution in [3.63, 3.8) is 0 Å². The van der Waals surface area contributed by atoms with Crippen LogP contribution in [0.3, 0.4) is 0 Å². The second-order valence-corrected chi connectivity index (χ2v) is 2.49. The van der Waals surface area contributed by atoms with Crippen molar-refractivity contribution in [1.29, 1.82) is 0 Å². The molecular formula is C9H11NO2. The van der Waals surface area contributed by atoms with Crippen LogP contribution in [0.5, 0.6) is 5.88 Å². The van der Waals surface area contributed by atoms with Crippen molar-refractivity contribution in [2.75, 3.05) is 7.11 Å². The molecule has 0 unspecified atom stereocenters. The first kappa shape index (κ1) is 8.71. The Kier molecular flexibility index (Phi) is 2.80. The normalized spacial score (nSPS) is 9.50. The summed E-state index contributed by atoms with van der Waals surface area (Å²) >= 11 is 0. The fourth-order valence-electron chi connectivity index (χ4n) is 1.07. The van der Waals surface area contributed by atoms with Gasteiger partial charge in [0.25, 0.3) is 0 Å². The van der Waals surface area contributed by atoms with Gasteiger partial charge in [-0.05, 0) is 18.6 Å². The van der Waals surface area contributed by atoms with Crippen molar-refractivity contribution in [2.45, 2.75) is 13.3 Å². The van der Waals surface area contributed by atoms with Crippen molar-refractivity contribution >= 4 is 6.29 Å². The summed E-state index contributed by atoms with van der Waals surface area (Å²) in [5.41, 5.74) is 1.91. The molecule has 0 aliphatic rings. The molecule has 0 N–H and O–H groups in total. The molecule has 0 radical (unpaired) electrons. The van der Waals surface area contributed by atoms with Crippen molar-refractivity contribution in [2.24, 2.45) is 0 Å². The number of rotatable bonds is 3. The molecule has 0 aliphatic carbocycles. The van der Waals surface area contributed by atoms with Crippen LogP contribution in [0.1, 0.15) is 11.1 Å². The summed E-state index contributed by atoms with van der Waals surface area (Å²) in [5, 5.41) is 0. The number of carbonyl (C=O) groups excluding carboxylic acids is 1. The lowest BCUT2D eigenvalue weighted by Crippen LogP contribution is -1.98. The lowest BCUT2D eigenvalue weighted by Gasteiger charge is -2.06. The Morgan fingerprint density at radius 1 is 1.67 bits per heavy atom. The molecule has 12 heavy (non-hydrogen) atoms. The molecule has 0 aliphatic heterocycles. The van der Waals surface area contributed by atoms with Crippen LogP contribution >= 0.6 is 0 Å². The van der Waals surface area contributed by atoms with E-state index in [9.17, 15) is 4.79 Å². The molecule has 0 fully saturated rings. The van der Waals surface area contributed by atoms with E-state index in [0.29, 0.717) is 12.3 Å². The minimum atomic E-state index is 0.364. The summed E-state index contributed by atoms with van der Waals surface area (Å²) < 4.78 is 5.01. The molecule has 3 nitrogen and oxygen atoms in total. The van der Waals surface area contributed by atoms with E-state index in [1.807, 2.05) is 13.0 Å². The molecule has 0 amide bonds. The average Bonchev–Trinajstić information content (AvgIpc) is 2.09. The summed E-state index contributed by atoms with van der Waals surface area (Å²) in [6, 6.07) is 1.86. The first-order valence-electron chi connectivity index (χ1n) is 3.71. The summed E-state index contributed by atoms with van der Waals surface area (Å²) in [4.78, 5) is 14.3. The molecule has 1 heterocycles. The first-order chi connectivity index (χ1) is 5.79. The van der Waals surface area contributed by atoms with Gasteiger partial charge >= 0.3 is 0 Å². The van der Waals surface area contributed by atoms with Crippen LogP contribution in [0.15, 0.2) is 12.3 Å². The highest BCUT2D eigenvalue weighted by Crippen LogP contribution is 2.17. The van der Waals surface area contributed by atoms with Gasteiger partial charge in [0.05, 0.1) is 7.11 Å². The molecule has 1 aromatic heterocycles. The predicted molar refractivity (Wildman–Crippen MR) is 45.3 cm³/mol. The quantitative estimate of drug-likeness (QED) is 0.630. The number of nitrogens with zero attached hydrogens (tertiary/aromatic N) is 1. The second kappa shape index (κ2) is 3.85. The third-order valence-corrected chi connectivity index (χ3v) is 1.73. The van der Waals surface area contributed by atoms with E-state index in [1.165, 1.54) is 0 Å². The molecule has 1 rings (SSSR count). The van der Waals surface area contributed by atoms with Gasteiger partial charge in [0.2, 0.25) is 5.88 Å². The van der Waals surface area contributed by atoms with Crippen molar-refractivity contribution in [3.8, 4) is 5.88 Å². The zero-order valence-electron chi connectivity index (χ0n) is 7.20. The third kappa shape index (κ3) is 1.61. The molecule has 0 bridgehead atoms. The van der Waals surface area contributed by atoms with Crippen molar-refractivity contribution < 1.29 is 9.53 Å². The van der Waals surface area contributed by atoms with Crippen molar-refractivity contribution in [3.05, 3.63) is 23.4 Å². The van der Waals surface area contributed by atoms with E-state index >= 15 is 0 Å². The van der Waals surface area contributed by atoms with Crippen LogP contribution in [0, 0.1) is 6.92 Å². The standard InChI is InChI=1S/C9H11NO2/c1-7-3-5-10-9(12-2)8(7)4-6-11/h3,5-6H,4H2,1-2H3. The molecule has 64 valence electrons. The van der Waals surface area contributed by atoms with Crippen LogP contribution in [-0.4, -0.2) is 18.4 Å². The summed E-state index contributed by atoms with van der Waals surface area (Å²) in [6.45, 7) is 1.93. The van der Waals surface area contributed by atoms with Crippen LogP contribution in [0.4, 0.5) is 0 Å². The molecule has 0 aromatic carbocycles. The number of ether oxygens (including phenoxy) is 1. The maximum atomic E-state index is 10.3. The number of pyridine rings is 1. The molecule has 0 saturated carbocycles. The highest BCUT2D eigenvalue weighted by atomic mass is 16.5. The van der Waals surface area contributed by atoms with E-state index in [1.54, 1.807) is 13.3 Å². The van der Waals surface area contributed by atoms with E-state index in [0.717, 1.165) is 17.4 Å². The number of aldehydes is 1. The predicted octanol–water partition coefficient (Wildman–Crippen LogP) is 1.14. The minimum absolute atomic E-state index is 0.364. The maximum absolute atomic E-state index is 10.3. The van der Waals surface area contributed by atoms with Gasteiger partial charge in [-0.1, -0.05) is 0 Å². The van der Waals surface area contributed by atoms with Gasteiger partial charge in [0.15, 0.2) is 0 Å².